The minimum Gasteiger partial charge on any atom is -0.380 e. The molecule has 0 radical (unpaired) electrons. The van der Waals surface area contributed by atoms with Gasteiger partial charge in [0, 0.05) is 15.5 Å². The molecule has 17 heavy (non-hydrogen) atoms. The molecule has 4 heteroatoms. The molecule has 2 rings (SSSR count). The molecule has 0 saturated carbocycles. The van der Waals surface area contributed by atoms with Crippen molar-refractivity contribution in [3.8, 4) is 0 Å². The second-order valence-corrected chi connectivity index (χ2v) is 5.99. The standard InChI is InChI=1S/C13H16N2S2/c1-9-13(17-10(2)15-9)8-14-11-4-6-12(16-3)7-5-11/h4-7,14H,8H2,1-3H3. The van der Waals surface area contributed by atoms with Crippen molar-refractivity contribution in [1.29, 1.82) is 0 Å². The number of aryl methyl sites for hydroxylation is 2. The second kappa shape index (κ2) is 5.56. The molecule has 1 N–H and O–H groups in total. The highest BCUT2D eigenvalue weighted by atomic mass is 32.2. The Bertz CT molecular complexity index is 489. The van der Waals surface area contributed by atoms with Gasteiger partial charge in [0.25, 0.3) is 0 Å². The summed E-state index contributed by atoms with van der Waals surface area (Å²) < 4.78 is 0. The Morgan fingerprint density at radius 1 is 1.24 bits per heavy atom. The van der Waals surface area contributed by atoms with Crippen LogP contribution in [0.3, 0.4) is 0 Å². The van der Waals surface area contributed by atoms with Crippen LogP contribution in [-0.2, 0) is 6.54 Å². The lowest BCUT2D eigenvalue weighted by atomic mass is 10.3. The van der Waals surface area contributed by atoms with Crippen LogP contribution in [0.15, 0.2) is 29.2 Å². The number of aromatic nitrogens is 1. The van der Waals surface area contributed by atoms with Crippen LogP contribution in [0.5, 0.6) is 0 Å². The molecule has 0 bridgehead atoms. The minimum atomic E-state index is 0.857. The minimum absolute atomic E-state index is 0.857. The van der Waals surface area contributed by atoms with E-state index in [0.717, 1.165) is 22.9 Å². The van der Waals surface area contributed by atoms with Crippen LogP contribution >= 0.6 is 23.1 Å². The topological polar surface area (TPSA) is 24.9 Å². The van der Waals surface area contributed by atoms with Crippen molar-refractivity contribution in [2.45, 2.75) is 25.3 Å². The van der Waals surface area contributed by atoms with Crippen molar-refractivity contribution in [1.82, 2.24) is 4.98 Å². The van der Waals surface area contributed by atoms with E-state index in [1.54, 1.807) is 23.1 Å². The molecule has 0 atom stereocenters. The zero-order valence-electron chi connectivity index (χ0n) is 10.3. The van der Waals surface area contributed by atoms with Gasteiger partial charge < -0.3 is 5.32 Å². The Hall–Kier alpha value is -1.00. The molecule has 0 spiro atoms. The lowest BCUT2D eigenvalue weighted by molar-refractivity contribution is 1.11. The van der Waals surface area contributed by atoms with E-state index in [-0.39, 0.29) is 0 Å². The molecule has 0 fully saturated rings. The molecule has 0 amide bonds. The van der Waals surface area contributed by atoms with Crippen LogP contribution < -0.4 is 5.32 Å². The molecule has 0 aliphatic rings. The molecule has 0 aliphatic carbocycles. The second-order valence-electron chi connectivity index (χ2n) is 3.82. The van der Waals surface area contributed by atoms with Gasteiger partial charge in [-0.05, 0) is 44.4 Å². The normalized spacial score (nSPS) is 10.5. The Labute approximate surface area is 110 Å². The molecule has 90 valence electrons. The van der Waals surface area contributed by atoms with Gasteiger partial charge in [0.15, 0.2) is 0 Å². The van der Waals surface area contributed by atoms with Gasteiger partial charge in [0.2, 0.25) is 0 Å². The van der Waals surface area contributed by atoms with Crippen molar-refractivity contribution in [2.24, 2.45) is 0 Å². The number of nitrogens with one attached hydrogen (secondary N) is 1. The third-order valence-electron chi connectivity index (χ3n) is 2.54. The summed E-state index contributed by atoms with van der Waals surface area (Å²) in [5, 5.41) is 4.56. The van der Waals surface area contributed by atoms with Crippen LogP contribution in [0.2, 0.25) is 0 Å². The van der Waals surface area contributed by atoms with E-state index in [1.807, 2.05) is 0 Å². The fraction of sp³-hybridized carbons (Fsp3) is 0.308. The Morgan fingerprint density at radius 2 is 1.94 bits per heavy atom. The monoisotopic (exact) mass is 264 g/mol. The predicted molar refractivity (Wildman–Crippen MR) is 77.1 cm³/mol. The van der Waals surface area contributed by atoms with Crippen LogP contribution in [0.25, 0.3) is 0 Å². The van der Waals surface area contributed by atoms with Crippen molar-refractivity contribution in [3.05, 3.63) is 39.8 Å². The average Bonchev–Trinajstić information content (AvgIpc) is 2.66. The van der Waals surface area contributed by atoms with E-state index < -0.39 is 0 Å². The number of anilines is 1. The van der Waals surface area contributed by atoms with Gasteiger partial charge in [0.05, 0.1) is 17.2 Å². The lowest BCUT2D eigenvalue weighted by Crippen LogP contribution is -1.98. The zero-order valence-corrected chi connectivity index (χ0v) is 11.9. The molecular weight excluding hydrogens is 248 g/mol. The molecule has 1 heterocycles. The van der Waals surface area contributed by atoms with Crippen molar-refractivity contribution >= 4 is 28.8 Å². The summed E-state index contributed by atoms with van der Waals surface area (Å²) in [5.41, 5.74) is 2.30. The van der Waals surface area contributed by atoms with Gasteiger partial charge in [0.1, 0.15) is 0 Å². The first-order valence-electron chi connectivity index (χ1n) is 5.50. The van der Waals surface area contributed by atoms with Crippen LogP contribution in [0, 0.1) is 13.8 Å². The summed E-state index contributed by atoms with van der Waals surface area (Å²) in [5.74, 6) is 0. The number of thioether (sulfide) groups is 1. The molecule has 1 aromatic carbocycles. The number of thiazole rings is 1. The highest BCUT2D eigenvalue weighted by Crippen LogP contribution is 2.21. The van der Waals surface area contributed by atoms with Crippen molar-refractivity contribution in [3.63, 3.8) is 0 Å². The average molecular weight is 264 g/mol. The Kier molecular flexibility index (Phi) is 4.07. The van der Waals surface area contributed by atoms with Crippen LogP contribution in [0.1, 0.15) is 15.6 Å². The van der Waals surface area contributed by atoms with Gasteiger partial charge in [-0.3, -0.25) is 0 Å². The van der Waals surface area contributed by atoms with Gasteiger partial charge in [-0.25, -0.2) is 4.98 Å². The van der Waals surface area contributed by atoms with Crippen LogP contribution in [-0.4, -0.2) is 11.2 Å². The molecule has 2 aromatic rings. The quantitative estimate of drug-likeness (QED) is 0.842. The maximum atomic E-state index is 4.43. The summed E-state index contributed by atoms with van der Waals surface area (Å²) in [6.07, 6.45) is 2.09. The first kappa shape index (κ1) is 12.5. The van der Waals surface area contributed by atoms with Crippen LogP contribution in [0.4, 0.5) is 5.69 Å². The molecule has 1 aromatic heterocycles. The molecular formula is C13H16N2S2. The summed E-state index contributed by atoms with van der Waals surface area (Å²) in [6, 6.07) is 8.51. The fourth-order valence-electron chi connectivity index (χ4n) is 1.63. The Balaban J connectivity index is 1.99. The van der Waals surface area contributed by atoms with E-state index in [1.165, 1.54) is 9.77 Å². The van der Waals surface area contributed by atoms with E-state index in [4.69, 9.17) is 0 Å². The number of rotatable bonds is 4. The maximum Gasteiger partial charge on any atom is 0.0900 e. The van der Waals surface area contributed by atoms with Gasteiger partial charge >= 0.3 is 0 Å². The summed E-state index contributed by atoms with van der Waals surface area (Å²) in [6.45, 7) is 4.97. The van der Waals surface area contributed by atoms with Gasteiger partial charge in [-0.1, -0.05) is 0 Å². The third-order valence-corrected chi connectivity index (χ3v) is 4.36. The molecule has 2 nitrogen and oxygen atoms in total. The van der Waals surface area contributed by atoms with Gasteiger partial charge in [-0.15, -0.1) is 23.1 Å². The van der Waals surface area contributed by atoms with E-state index in [0.29, 0.717) is 0 Å². The number of benzene rings is 1. The molecule has 0 unspecified atom stereocenters. The lowest BCUT2D eigenvalue weighted by Gasteiger charge is -2.05. The summed E-state index contributed by atoms with van der Waals surface area (Å²) in [7, 11) is 0. The first-order valence-corrected chi connectivity index (χ1v) is 7.54. The SMILES string of the molecule is CSc1ccc(NCc2sc(C)nc2C)cc1. The number of nitrogens with zero attached hydrogens (tertiary/aromatic N) is 1. The highest BCUT2D eigenvalue weighted by Gasteiger charge is 2.04. The highest BCUT2D eigenvalue weighted by molar-refractivity contribution is 7.98. The smallest absolute Gasteiger partial charge is 0.0900 e. The Morgan fingerprint density at radius 3 is 2.47 bits per heavy atom. The maximum absolute atomic E-state index is 4.43. The zero-order chi connectivity index (χ0) is 12.3. The summed E-state index contributed by atoms with van der Waals surface area (Å²) in [4.78, 5) is 7.03. The summed E-state index contributed by atoms with van der Waals surface area (Å²) >= 11 is 3.53. The van der Waals surface area contributed by atoms with Crippen molar-refractivity contribution in [2.75, 3.05) is 11.6 Å². The largest absolute Gasteiger partial charge is 0.380 e. The number of hydrogen-bond donors (Lipinski definition) is 1. The van der Waals surface area contributed by atoms with Gasteiger partial charge in [-0.2, -0.15) is 0 Å². The molecule has 0 saturated heterocycles. The van der Waals surface area contributed by atoms with E-state index in [9.17, 15) is 0 Å². The van der Waals surface area contributed by atoms with E-state index >= 15 is 0 Å². The van der Waals surface area contributed by atoms with E-state index in [2.05, 4.69) is 54.7 Å². The first-order chi connectivity index (χ1) is 8.19. The predicted octanol–water partition coefficient (Wildman–Crippen LogP) is 4.09. The van der Waals surface area contributed by atoms with Crippen molar-refractivity contribution < 1.29 is 0 Å². The number of hydrogen-bond acceptors (Lipinski definition) is 4. The third kappa shape index (κ3) is 3.23. The fourth-order valence-corrected chi connectivity index (χ4v) is 2.91. The molecule has 0 aliphatic heterocycles.